The summed E-state index contributed by atoms with van der Waals surface area (Å²) in [5.74, 6) is -0.258. The molecule has 6 heteroatoms. The molecule has 4 nitrogen and oxygen atoms in total. The van der Waals surface area contributed by atoms with Crippen molar-refractivity contribution in [2.45, 2.75) is 33.0 Å². The minimum atomic E-state index is -0.258. The van der Waals surface area contributed by atoms with Gasteiger partial charge in [0.15, 0.2) is 0 Å². The predicted octanol–water partition coefficient (Wildman–Crippen LogP) is 2.73. The van der Waals surface area contributed by atoms with Crippen molar-refractivity contribution < 1.29 is 4.39 Å². The van der Waals surface area contributed by atoms with Crippen molar-refractivity contribution in [3.05, 3.63) is 45.9 Å². The maximum Gasteiger partial charge on any atom is 0.124 e. The summed E-state index contributed by atoms with van der Waals surface area (Å²) in [6.45, 7) is 5.35. The Morgan fingerprint density at radius 1 is 1.37 bits per heavy atom. The van der Waals surface area contributed by atoms with E-state index in [1.807, 2.05) is 12.3 Å². The van der Waals surface area contributed by atoms with Crippen LogP contribution in [0, 0.1) is 5.82 Å². The molecule has 0 saturated heterocycles. The SMILES string of the molecule is CC(C)NCc1cn(Cc2cc(F)cc(Br)c2)nn1. The molecule has 1 heterocycles. The summed E-state index contributed by atoms with van der Waals surface area (Å²) >= 11 is 3.28. The van der Waals surface area contributed by atoms with Gasteiger partial charge in [-0.05, 0) is 23.8 Å². The first-order valence-corrected chi connectivity index (χ1v) is 6.89. The summed E-state index contributed by atoms with van der Waals surface area (Å²) in [5.41, 5.74) is 1.73. The largest absolute Gasteiger partial charge is 0.309 e. The van der Waals surface area contributed by atoms with Gasteiger partial charge < -0.3 is 5.32 Å². The van der Waals surface area contributed by atoms with E-state index in [0.717, 1.165) is 15.7 Å². The molecule has 1 aromatic carbocycles. The van der Waals surface area contributed by atoms with E-state index < -0.39 is 0 Å². The molecule has 0 aliphatic carbocycles. The zero-order valence-corrected chi connectivity index (χ0v) is 12.5. The number of hydrogen-bond acceptors (Lipinski definition) is 3. The van der Waals surface area contributed by atoms with E-state index in [9.17, 15) is 4.39 Å². The van der Waals surface area contributed by atoms with E-state index in [4.69, 9.17) is 0 Å². The summed E-state index contributed by atoms with van der Waals surface area (Å²) in [7, 11) is 0. The zero-order valence-electron chi connectivity index (χ0n) is 10.9. The minimum Gasteiger partial charge on any atom is -0.309 e. The van der Waals surface area contributed by atoms with Crippen LogP contribution in [-0.2, 0) is 13.1 Å². The fourth-order valence-electron chi connectivity index (χ4n) is 1.69. The molecule has 0 amide bonds. The van der Waals surface area contributed by atoms with Gasteiger partial charge in [-0.2, -0.15) is 0 Å². The highest BCUT2D eigenvalue weighted by atomic mass is 79.9. The van der Waals surface area contributed by atoms with Crippen LogP contribution in [0.25, 0.3) is 0 Å². The van der Waals surface area contributed by atoms with Gasteiger partial charge in [0.1, 0.15) is 5.82 Å². The standard InChI is InChI=1S/C13H16BrFN4/c1-9(2)16-6-13-8-19(18-17-13)7-10-3-11(14)5-12(15)4-10/h3-5,8-9,16H,6-7H2,1-2H3. The third kappa shape index (κ3) is 4.40. The Morgan fingerprint density at radius 3 is 2.84 bits per heavy atom. The number of rotatable bonds is 5. The lowest BCUT2D eigenvalue weighted by Gasteiger charge is -2.04. The third-order valence-electron chi connectivity index (χ3n) is 2.54. The smallest absolute Gasteiger partial charge is 0.124 e. The minimum absolute atomic E-state index is 0.258. The molecule has 102 valence electrons. The second-order valence-corrected chi connectivity index (χ2v) is 5.64. The number of nitrogens with zero attached hydrogens (tertiary/aromatic N) is 3. The highest BCUT2D eigenvalue weighted by molar-refractivity contribution is 9.10. The van der Waals surface area contributed by atoms with Crippen molar-refractivity contribution in [1.82, 2.24) is 20.3 Å². The first-order chi connectivity index (χ1) is 9.02. The first-order valence-electron chi connectivity index (χ1n) is 6.10. The van der Waals surface area contributed by atoms with Gasteiger partial charge in [0.05, 0.1) is 18.4 Å². The van der Waals surface area contributed by atoms with E-state index in [1.54, 1.807) is 4.68 Å². The second kappa shape index (κ2) is 6.25. The normalized spacial score (nSPS) is 11.2. The third-order valence-corrected chi connectivity index (χ3v) is 3.00. The Balaban J connectivity index is 2.03. The van der Waals surface area contributed by atoms with Crippen LogP contribution in [0.1, 0.15) is 25.1 Å². The molecule has 0 bridgehead atoms. The number of nitrogens with one attached hydrogen (secondary N) is 1. The monoisotopic (exact) mass is 326 g/mol. The number of halogens is 2. The summed E-state index contributed by atoms with van der Waals surface area (Å²) in [6.07, 6.45) is 1.87. The van der Waals surface area contributed by atoms with Crippen LogP contribution in [0.2, 0.25) is 0 Å². The number of aromatic nitrogens is 3. The fourth-order valence-corrected chi connectivity index (χ4v) is 2.21. The van der Waals surface area contributed by atoms with Crippen molar-refractivity contribution in [3.8, 4) is 0 Å². The number of benzene rings is 1. The van der Waals surface area contributed by atoms with Crippen LogP contribution in [0.3, 0.4) is 0 Å². The van der Waals surface area contributed by atoms with Crippen LogP contribution < -0.4 is 5.32 Å². The molecule has 0 spiro atoms. The van der Waals surface area contributed by atoms with Gasteiger partial charge in [-0.3, -0.25) is 0 Å². The molecule has 19 heavy (non-hydrogen) atoms. The van der Waals surface area contributed by atoms with E-state index >= 15 is 0 Å². The first kappa shape index (κ1) is 14.1. The van der Waals surface area contributed by atoms with Gasteiger partial charge in [0.2, 0.25) is 0 Å². The van der Waals surface area contributed by atoms with Crippen LogP contribution in [0.5, 0.6) is 0 Å². The average Bonchev–Trinajstić information content (AvgIpc) is 2.72. The Bertz CT molecular complexity index is 533. The Labute approximate surface area is 120 Å². The Kier molecular flexibility index (Phi) is 4.66. The molecular formula is C13H16BrFN4. The van der Waals surface area contributed by atoms with Crippen LogP contribution in [0.15, 0.2) is 28.9 Å². The quantitative estimate of drug-likeness (QED) is 0.918. The van der Waals surface area contributed by atoms with E-state index in [-0.39, 0.29) is 5.82 Å². The summed E-state index contributed by atoms with van der Waals surface area (Å²) < 4.78 is 15.7. The van der Waals surface area contributed by atoms with Gasteiger partial charge in [0, 0.05) is 17.1 Å². The zero-order chi connectivity index (χ0) is 13.8. The maximum atomic E-state index is 13.3. The summed E-state index contributed by atoms with van der Waals surface area (Å²) in [6, 6.07) is 5.21. The van der Waals surface area contributed by atoms with Gasteiger partial charge in [-0.1, -0.05) is 35.0 Å². The van der Waals surface area contributed by atoms with Gasteiger partial charge in [-0.15, -0.1) is 5.10 Å². The summed E-state index contributed by atoms with van der Waals surface area (Å²) in [4.78, 5) is 0. The lowest BCUT2D eigenvalue weighted by atomic mass is 10.2. The number of hydrogen-bond donors (Lipinski definition) is 1. The second-order valence-electron chi connectivity index (χ2n) is 4.72. The molecule has 0 unspecified atom stereocenters. The van der Waals surface area contributed by atoms with Crippen molar-refractivity contribution in [2.75, 3.05) is 0 Å². The summed E-state index contributed by atoms with van der Waals surface area (Å²) in [5, 5.41) is 11.4. The van der Waals surface area contributed by atoms with E-state index in [1.165, 1.54) is 12.1 Å². The van der Waals surface area contributed by atoms with E-state index in [0.29, 0.717) is 19.1 Å². The Hall–Kier alpha value is -1.27. The molecule has 1 aromatic heterocycles. The molecule has 0 radical (unpaired) electrons. The molecule has 0 aliphatic heterocycles. The molecular weight excluding hydrogens is 311 g/mol. The molecule has 0 saturated carbocycles. The van der Waals surface area contributed by atoms with Crippen LogP contribution in [0.4, 0.5) is 4.39 Å². The lowest BCUT2D eigenvalue weighted by molar-refractivity contribution is 0.580. The highest BCUT2D eigenvalue weighted by Gasteiger charge is 2.04. The van der Waals surface area contributed by atoms with Gasteiger partial charge in [0.25, 0.3) is 0 Å². The lowest BCUT2D eigenvalue weighted by Crippen LogP contribution is -2.21. The Morgan fingerprint density at radius 2 is 2.16 bits per heavy atom. The molecule has 2 aromatic rings. The van der Waals surface area contributed by atoms with Crippen molar-refractivity contribution >= 4 is 15.9 Å². The van der Waals surface area contributed by atoms with Crippen molar-refractivity contribution in [1.29, 1.82) is 0 Å². The van der Waals surface area contributed by atoms with E-state index in [2.05, 4.69) is 45.4 Å². The van der Waals surface area contributed by atoms with Crippen LogP contribution in [-0.4, -0.2) is 21.0 Å². The predicted molar refractivity (Wildman–Crippen MR) is 75.2 cm³/mol. The maximum absolute atomic E-state index is 13.3. The van der Waals surface area contributed by atoms with Gasteiger partial charge >= 0.3 is 0 Å². The van der Waals surface area contributed by atoms with Crippen LogP contribution >= 0.6 is 15.9 Å². The fraction of sp³-hybridized carbons (Fsp3) is 0.385. The molecule has 0 aliphatic rings. The van der Waals surface area contributed by atoms with Crippen molar-refractivity contribution in [2.24, 2.45) is 0 Å². The average molecular weight is 327 g/mol. The molecule has 2 rings (SSSR count). The topological polar surface area (TPSA) is 42.7 Å². The molecule has 1 N–H and O–H groups in total. The van der Waals surface area contributed by atoms with Crippen molar-refractivity contribution in [3.63, 3.8) is 0 Å². The molecule has 0 fully saturated rings. The molecule has 0 atom stereocenters. The highest BCUT2D eigenvalue weighted by Crippen LogP contribution is 2.15. The van der Waals surface area contributed by atoms with Gasteiger partial charge in [-0.25, -0.2) is 9.07 Å².